The first-order valence-corrected chi connectivity index (χ1v) is 19.9. The molecule has 0 aliphatic rings. The maximum atomic E-state index is 12.7. The second kappa shape index (κ2) is 37.4. The van der Waals surface area contributed by atoms with Crippen molar-refractivity contribution < 1.29 is 52.8 Å². The van der Waals surface area contributed by atoms with Crippen LogP contribution in [0.4, 0.5) is 0 Å². The van der Waals surface area contributed by atoms with Crippen molar-refractivity contribution in [2.45, 2.75) is 136 Å². The van der Waals surface area contributed by atoms with E-state index in [1.807, 2.05) is 0 Å². The molecule has 53 heavy (non-hydrogen) atoms. The highest BCUT2D eigenvalue weighted by molar-refractivity contribution is 5.82. The third kappa shape index (κ3) is 38.6. The van der Waals surface area contributed by atoms with Gasteiger partial charge in [-0.05, 0) is 26.7 Å². The van der Waals surface area contributed by atoms with Gasteiger partial charge in [0, 0.05) is 38.9 Å². The molecule has 308 valence electrons. The van der Waals surface area contributed by atoms with E-state index >= 15 is 0 Å². The summed E-state index contributed by atoms with van der Waals surface area (Å²) in [4.78, 5) is 70.9. The van der Waals surface area contributed by atoms with Gasteiger partial charge in [0.2, 0.25) is 17.7 Å². The van der Waals surface area contributed by atoms with Crippen molar-refractivity contribution in [2.75, 3.05) is 79.0 Å². The fourth-order valence-electron chi connectivity index (χ4n) is 5.46. The Morgan fingerprint density at radius 2 is 0.887 bits per heavy atom. The number of nitrogens with zero attached hydrogens (tertiary/aromatic N) is 1. The molecule has 0 spiro atoms. The lowest BCUT2D eigenvalue weighted by atomic mass is 10.0. The predicted octanol–water partition coefficient (Wildman–Crippen LogP) is 4.79. The van der Waals surface area contributed by atoms with Gasteiger partial charge in [-0.15, -0.1) is 0 Å². The van der Waals surface area contributed by atoms with Crippen LogP contribution in [0.25, 0.3) is 0 Å². The largest absolute Gasteiger partial charge is 0.480 e. The molecule has 0 bridgehead atoms. The van der Waals surface area contributed by atoms with E-state index in [2.05, 4.69) is 10.6 Å². The topological polar surface area (TPSA) is 187 Å². The molecule has 0 fully saturated rings. The number of rotatable bonds is 40. The molecule has 0 saturated heterocycles. The molecule has 0 aromatic heterocycles. The van der Waals surface area contributed by atoms with Crippen LogP contribution in [0.2, 0.25) is 0 Å². The third-order valence-corrected chi connectivity index (χ3v) is 8.38. The number of nitrogens with one attached hydrogen (secondary N) is 2. The maximum Gasteiger partial charge on any atom is 0.323 e. The minimum atomic E-state index is -1.11. The van der Waals surface area contributed by atoms with E-state index in [0.717, 1.165) is 32.1 Å². The summed E-state index contributed by atoms with van der Waals surface area (Å²) in [6, 6.07) is 0. The number of carbonyl (C=O) groups excluding carboxylic acids is 5. The van der Waals surface area contributed by atoms with Crippen LogP contribution in [0.15, 0.2) is 0 Å². The van der Waals surface area contributed by atoms with Gasteiger partial charge >= 0.3 is 5.97 Å². The molecule has 0 atom stereocenters. The van der Waals surface area contributed by atoms with Crippen molar-refractivity contribution >= 4 is 35.3 Å². The average Bonchev–Trinajstić information content (AvgIpc) is 3.11. The number of unbranched alkanes of at least 4 members (excludes halogenated alkanes) is 15. The van der Waals surface area contributed by atoms with E-state index in [1.165, 1.54) is 82.5 Å². The summed E-state index contributed by atoms with van der Waals surface area (Å²) in [5.41, 5.74) is 0. The Morgan fingerprint density at radius 1 is 0.472 bits per heavy atom. The lowest BCUT2D eigenvalue weighted by molar-refractivity contribution is -0.145. The number of carboxylic acids is 1. The predicted molar refractivity (Wildman–Crippen MR) is 203 cm³/mol. The minimum Gasteiger partial charge on any atom is -0.480 e. The molecular formula is C39H71N3O11. The van der Waals surface area contributed by atoms with Gasteiger partial charge in [0.05, 0.1) is 39.6 Å². The number of hydrogen-bond donors (Lipinski definition) is 3. The number of Topliss-reactive ketones (excluding diaryl/α,β-unsaturated/α-hetero) is 2. The minimum absolute atomic E-state index is 0.000884. The number of ether oxygens (including phenoxy) is 4. The van der Waals surface area contributed by atoms with E-state index in [1.54, 1.807) is 6.92 Å². The molecule has 0 aliphatic carbocycles. The van der Waals surface area contributed by atoms with E-state index in [0.29, 0.717) is 38.6 Å². The summed E-state index contributed by atoms with van der Waals surface area (Å²) in [5.74, 6) is -1.69. The van der Waals surface area contributed by atoms with Crippen LogP contribution in [0.3, 0.4) is 0 Å². The monoisotopic (exact) mass is 758 g/mol. The normalized spacial score (nSPS) is 11.0. The number of carboxylic acid groups (broad SMARTS) is 1. The summed E-state index contributed by atoms with van der Waals surface area (Å²) in [5, 5.41) is 14.6. The molecule has 14 nitrogen and oxygen atoms in total. The van der Waals surface area contributed by atoms with Gasteiger partial charge in [0.15, 0.2) is 5.78 Å². The van der Waals surface area contributed by atoms with E-state index < -0.39 is 12.5 Å². The molecule has 3 N–H and O–H groups in total. The Morgan fingerprint density at radius 3 is 1.34 bits per heavy atom. The first-order chi connectivity index (χ1) is 25.6. The van der Waals surface area contributed by atoms with E-state index in [9.17, 15) is 33.9 Å². The van der Waals surface area contributed by atoms with Gasteiger partial charge in [-0.2, -0.15) is 0 Å². The highest BCUT2D eigenvalue weighted by Crippen LogP contribution is 2.15. The highest BCUT2D eigenvalue weighted by atomic mass is 16.5. The van der Waals surface area contributed by atoms with Crippen LogP contribution >= 0.6 is 0 Å². The second-order valence-electron chi connectivity index (χ2n) is 13.5. The van der Waals surface area contributed by atoms with Crippen LogP contribution in [-0.4, -0.2) is 124 Å². The van der Waals surface area contributed by atoms with Crippen LogP contribution in [-0.2, 0) is 47.7 Å². The van der Waals surface area contributed by atoms with Crippen LogP contribution in [0.5, 0.6) is 0 Å². The molecule has 0 aromatic carbocycles. The smallest absolute Gasteiger partial charge is 0.323 e. The fourth-order valence-corrected chi connectivity index (χ4v) is 5.46. The number of aliphatic carboxylic acids is 1. The van der Waals surface area contributed by atoms with Gasteiger partial charge < -0.3 is 44.4 Å². The fraction of sp³-hybridized carbons (Fsp3) is 0.846. The molecular weight excluding hydrogens is 686 g/mol. The summed E-state index contributed by atoms with van der Waals surface area (Å²) in [7, 11) is 0. The highest BCUT2D eigenvalue weighted by Gasteiger charge is 2.17. The van der Waals surface area contributed by atoms with Crippen molar-refractivity contribution in [3.8, 4) is 0 Å². The number of amides is 3. The molecule has 3 amide bonds. The van der Waals surface area contributed by atoms with Crippen LogP contribution in [0.1, 0.15) is 136 Å². The number of ketones is 2. The van der Waals surface area contributed by atoms with Gasteiger partial charge in [0.1, 0.15) is 25.5 Å². The molecule has 0 aliphatic heterocycles. The zero-order valence-electron chi connectivity index (χ0n) is 32.9. The molecule has 0 radical (unpaired) electrons. The van der Waals surface area contributed by atoms with Crippen molar-refractivity contribution in [3.63, 3.8) is 0 Å². The zero-order chi connectivity index (χ0) is 39.2. The van der Waals surface area contributed by atoms with Crippen molar-refractivity contribution in [2.24, 2.45) is 0 Å². The first kappa shape index (κ1) is 50.1. The number of hydrogen-bond acceptors (Lipinski definition) is 10. The standard InChI is InChI=1S/C39H71N3O11/c1-34(43)19-17-15-13-11-9-7-5-3-4-6-8-10-12-14-16-18-20-38(47)42(31-39(48)49)24-21-36(45)40-22-25-50-28-30-53-33-37(46)41-23-26-51-27-29-52-32-35(2)44/h3-33H2,1-2H3,(H,40,45)(H,41,46)(H,48,49). The Labute approximate surface area is 318 Å². The van der Waals surface area contributed by atoms with E-state index in [-0.39, 0.29) is 82.5 Å². The SMILES string of the molecule is CC(=O)CCCCCCCCCCCCCCCCCCC(=O)N(CCC(=O)NCCOCCOCC(=O)NCCOCCOCC(C)=O)CC(=O)O. The molecule has 14 heteroatoms. The van der Waals surface area contributed by atoms with Crippen molar-refractivity contribution in [3.05, 3.63) is 0 Å². The molecule has 0 heterocycles. The summed E-state index contributed by atoms with van der Waals surface area (Å²) >= 11 is 0. The van der Waals surface area contributed by atoms with Gasteiger partial charge in [0.25, 0.3) is 0 Å². The van der Waals surface area contributed by atoms with Crippen molar-refractivity contribution in [1.29, 1.82) is 0 Å². The maximum absolute atomic E-state index is 12.7. The molecule has 0 saturated carbocycles. The first-order valence-electron chi connectivity index (χ1n) is 19.9. The summed E-state index contributed by atoms with van der Waals surface area (Å²) in [6.07, 6.45) is 19.8. The summed E-state index contributed by atoms with van der Waals surface area (Å²) < 4.78 is 21.0. The lowest BCUT2D eigenvalue weighted by Crippen LogP contribution is -2.39. The van der Waals surface area contributed by atoms with Crippen molar-refractivity contribution in [1.82, 2.24) is 15.5 Å². The Hall–Kier alpha value is -2.94. The Bertz CT molecular complexity index is 980. The molecule has 0 unspecified atom stereocenters. The average molecular weight is 758 g/mol. The van der Waals surface area contributed by atoms with Crippen LogP contribution in [0, 0.1) is 0 Å². The lowest BCUT2D eigenvalue weighted by Gasteiger charge is -2.20. The van der Waals surface area contributed by atoms with Crippen LogP contribution < -0.4 is 10.6 Å². The van der Waals surface area contributed by atoms with Gasteiger partial charge in [-0.3, -0.25) is 24.0 Å². The Balaban J connectivity index is 3.73. The zero-order valence-corrected chi connectivity index (χ0v) is 32.9. The summed E-state index contributed by atoms with van der Waals surface area (Å²) in [6.45, 7) is 4.85. The van der Waals surface area contributed by atoms with E-state index in [4.69, 9.17) is 18.9 Å². The molecule has 0 aromatic rings. The second-order valence-corrected chi connectivity index (χ2v) is 13.5. The molecule has 0 rings (SSSR count). The Kier molecular flexibility index (Phi) is 35.3. The number of carbonyl (C=O) groups is 6. The van der Waals surface area contributed by atoms with Gasteiger partial charge in [-0.1, -0.05) is 89.9 Å². The van der Waals surface area contributed by atoms with Gasteiger partial charge in [-0.25, -0.2) is 0 Å². The quantitative estimate of drug-likeness (QED) is 0.0730. The third-order valence-electron chi connectivity index (χ3n) is 8.38.